The van der Waals surface area contributed by atoms with Gasteiger partial charge in [-0.3, -0.25) is 14.9 Å². The molecule has 0 spiro atoms. The van der Waals surface area contributed by atoms with Crippen LogP contribution in [0.5, 0.6) is 5.75 Å². The summed E-state index contributed by atoms with van der Waals surface area (Å²) in [5.41, 5.74) is 0.818. The van der Waals surface area contributed by atoms with Crippen molar-refractivity contribution < 1.29 is 14.5 Å². The lowest BCUT2D eigenvalue weighted by Crippen LogP contribution is -2.15. The molecule has 2 aromatic rings. The van der Waals surface area contributed by atoms with Crippen LogP contribution in [0.1, 0.15) is 10.7 Å². The Kier molecular flexibility index (Phi) is 4.49. The summed E-state index contributed by atoms with van der Waals surface area (Å²) in [4.78, 5) is 26.4. The molecule has 7 nitrogen and oxygen atoms in total. The number of nitro benzene ring substituents is 1. The molecule has 0 aliphatic rings. The summed E-state index contributed by atoms with van der Waals surface area (Å²) < 4.78 is 5.08. The highest BCUT2D eigenvalue weighted by atomic mass is 32.1. The van der Waals surface area contributed by atoms with E-state index in [0.29, 0.717) is 11.4 Å². The number of aryl methyl sites for hydroxylation is 1. The van der Waals surface area contributed by atoms with Gasteiger partial charge in [0.25, 0.3) is 5.69 Å². The molecule has 1 N–H and O–H groups in total. The highest BCUT2D eigenvalue weighted by Gasteiger charge is 2.14. The van der Waals surface area contributed by atoms with Gasteiger partial charge in [0.1, 0.15) is 5.75 Å². The van der Waals surface area contributed by atoms with Crippen LogP contribution in [0.4, 0.5) is 11.4 Å². The molecular weight excluding hydrogens is 294 g/mol. The van der Waals surface area contributed by atoms with Crippen molar-refractivity contribution in [1.82, 2.24) is 4.98 Å². The maximum absolute atomic E-state index is 12.0. The van der Waals surface area contributed by atoms with Crippen molar-refractivity contribution in [2.45, 2.75) is 13.3 Å². The average molecular weight is 307 g/mol. The summed E-state index contributed by atoms with van der Waals surface area (Å²) in [5.74, 6) is 0.0579. The van der Waals surface area contributed by atoms with Crippen LogP contribution in [0.3, 0.4) is 0 Å². The molecule has 0 saturated carbocycles. The van der Waals surface area contributed by atoms with E-state index in [4.69, 9.17) is 4.74 Å². The SMILES string of the molecule is COc1ccc([N+](=O)[O-])cc1NC(=O)Cc1csc(C)n1. The summed E-state index contributed by atoms with van der Waals surface area (Å²) in [7, 11) is 1.43. The maximum Gasteiger partial charge on any atom is 0.271 e. The number of nitrogens with one attached hydrogen (secondary N) is 1. The molecule has 1 aromatic carbocycles. The summed E-state index contributed by atoms with van der Waals surface area (Å²) in [6.07, 6.45) is 0.107. The second-order valence-corrected chi connectivity index (χ2v) is 5.29. The molecule has 1 aromatic heterocycles. The van der Waals surface area contributed by atoms with Crippen molar-refractivity contribution in [3.63, 3.8) is 0 Å². The number of non-ortho nitro benzene ring substituents is 1. The van der Waals surface area contributed by atoms with E-state index in [9.17, 15) is 14.9 Å². The second kappa shape index (κ2) is 6.31. The summed E-state index contributed by atoms with van der Waals surface area (Å²) in [5, 5.41) is 16.1. The number of hydrogen-bond acceptors (Lipinski definition) is 6. The molecule has 1 heterocycles. The molecule has 0 aliphatic heterocycles. The van der Waals surface area contributed by atoms with Crippen molar-refractivity contribution in [2.24, 2.45) is 0 Å². The van der Waals surface area contributed by atoms with Crippen LogP contribution in [0, 0.1) is 17.0 Å². The molecule has 1 amide bonds. The smallest absolute Gasteiger partial charge is 0.271 e. The lowest BCUT2D eigenvalue weighted by Gasteiger charge is -2.09. The number of benzene rings is 1. The zero-order chi connectivity index (χ0) is 15.4. The summed E-state index contributed by atoms with van der Waals surface area (Å²) >= 11 is 1.46. The van der Waals surface area contributed by atoms with Gasteiger partial charge in [-0.05, 0) is 13.0 Å². The molecule has 8 heteroatoms. The van der Waals surface area contributed by atoms with E-state index in [2.05, 4.69) is 10.3 Å². The van der Waals surface area contributed by atoms with Crippen LogP contribution in [0.2, 0.25) is 0 Å². The minimum absolute atomic E-state index is 0.107. The van der Waals surface area contributed by atoms with Crippen LogP contribution in [0.15, 0.2) is 23.6 Å². The van der Waals surface area contributed by atoms with Gasteiger partial charge < -0.3 is 10.1 Å². The first-order chi connectivity index (χ1) is 9.99. The minimum Gasteiger partial charge on any atom is -0.495 e. The number of methoxy groups -OCH3 is 1. The molecule has 0 saturated heterocycles. The number of nitrogens with zero attached hydrogens (tertiary/aromatic N) is 2. The number of hydrogen-bond donors (Lipinski definition) is 1. The van der Waals surface area contributed by atoms with Crippen LogP contribution in [-0.4, -0.2) is 22.9 Å². The number of thiazole rings is 1. The molecule has 21 heavy (non-hydrogen) atoms. The van der Waals surface area contributed by atoms with Crippen molar-refractivity contribution in [3.05, 3.63) is 44.4 Å². The van der Waals surface area contributed by atoms with E-state index in [1.807, 2.05) is 6.92 Å². The molecular formula is C13H13N3O4S. The largest absolute Gasteiger partial charge is 0.495 e. The Bertz CT molecular complexity index is 684. The monoisotopic (exact) mass is 307 g/mol. The lowest BCUT2D eigenvalue weighted by atomic mass is 10.2. The normalized spacial score (nSPS) is 10.2. The fourth-order valence-electron chi connectivity index (χ4n) is 1.76. The molecule has 0 bridgehead atoms. The highest BCUT2D eigenvalue weighted by Crippen LogP contribution is 2.28. The Balaban J connectivity index is 2.15. The van der Waals surface area contributed by atoms with Gasteiger partial charge in [0.2, 0.25) is 5.91 Å². The molecule has 0 fully saturated rings. The predicted octanol–water partition coefficient (Wildman–Crippen LogP) is 2.55. The number of ether oxygens (including phenoxy) is 1. The first-order valence-electron chi connectivity index (χ1n) is 6.03. The van der Waals surface area contributed by atoms with Gasteiger partial charge >= 0.3 is 0 Å². The number of rotatable bonds is 5. The second-order valence-electron chi connectivity index (χ2n) is 4.22. The van der Waals surface area contributed by atoms with Crippen LogP contribution in [-0.2, 0) is 11.2 Å². The fourth-order valence-corrected chi connectivity index (χ4v) is 2.37. The first kappa shape index (κ1) is 14.9. The molecule has 0 aliphatic carbocycles. The van der Waals surface area contributed by atoms with Crippen molar-refractivity contribution in [3.8, 4) is 5.75 Å². The van der Waals surface area contributed by atoms with Gasteiger partial charge in [-0.2, -0.15) is 0 Å². The Hall–Kier alpha value is -2.48. The predicted molar refractivity (Wildman–Crippen MR) is 78.8 cm³/mol. The van der Waals surface area contributed by atoms with E-state index >= 15 is 0 Å². The maximum atomic E-state index is 12.0. The lowest BCUT2D eigenvalue weighted by molar-refractivity contribution is -0.384. The summed E-state index contributed by atoms with van der Waals surface area (Å²) in [6, 6.07) is 4.03. The average Bonchev–Trinajstić information content (AvgIpc) is 2.83. The van der Waals surface area contributed by atoms with Crippen molar-refractivity contribution in [2.75, 3.05) is 12.4 Å². The molecule has 0 unspecified atom stereocenters. The van der Waals surface area contributed by atoms with Gasteiger partial charge in [0, 0.05) is 17.5 Å². The third-order valence-electron chi connectivity index (χ3n) is 2.68. The van der Waals surface area contributed by atoms with E-state index < -0.39 is 4.92 Å². The van der Waals surface area contributed by atoms with E-state index in [-0.39, 0.29) is 23.7 Å². The molecule has 0 atom stereocenters. The topological polar surface area (TPSA) is 94.4 Å². The van der Waals surface area contributed by atoms with Gasteiger partial charge in [0.05, 0.1) is 34.8 Å². The molecule has 0 radical (unpaired) electrons. The Morgan fingerprint density at radius 1 is 1.52 bits per heavy atom. The highest BCUT2D eigenvalue weighted by molar-refractivity contribution is 7.09. The minimum atomic E-state index is -0.529. The molecule has 2 rings (SSSR count). The number of amides is 1. The number of carbonyl (C=O) groups excluding carboxylic acids is 1. The Morgan fingerprint density at radius 2 is 2.29 bits per heavy atom. The molecule has 110 valence electrons. The van der Waals surface area contributed by atoms with E-state index in [1.165, 1.54) is 36.6 Å². The third kappa shape index (κ3) is 3.76. The van der Waals surface area contributed by atoms with E-state index in [1.54, 1.807) is 5.38 Å². The number of aromatic nitrogens is 1. The Morgan fingerprint density at radius 3 is 2.86 bits per heavy atom. The number of anilines is 1. The van der Waals surface area contributed by atoms with Crippen LogP contribution < -0.4 is 10.1 Å². The number of carbonyl (C=O) groups is 1. The zero-order valence-corrected chi connectivity index (χ0v) is 12.3. The standard InChI is InChI=1S/C13H13N3O4S/c1-8-14-9(7-21-8)5-13(17)15-11-6-10(16(18)19)3-4-12(11)20-2/h3-4,6-7H,5H2,1-2H3,(H,15,17). The van der Waals surface area contributed by atoms with Gasteiger partial charge in [-0.25, -0.2) is 4.98 Å². The number of nitro groups is 1. The van der Waals surface area contributed by atoms with Gasteiger partial charge in [0.15, 0.2) is 0 Å². The first-order valence-corrected chi connectivity index (χ1v) is 6.91. The van der Waals surface area contributed by atoms with Crippen LogP contribution in [0.25, 0.3) is 0 Å². The van der Waals surface area contributed by atoms with Gasteiger partial charge in [-0.15, -0.1) is 11.3 Å². The fraction of sp³-hybridized carbons (Fsp3) is 0.231. The van der Waals surface area contributed by atoms with Crippen molar-refractivity contribution in [1.29, 1.82) is 0 Å². The van der Waals surface area contributed by atoms with Gasteiger partial charge in [-0.1, -0.05) is 0 Å². The third-order valence-corrected chi connectivity index (χ3v) is 3.50. The van der Waals surface area contributed by atoms with Crippen molar-refractivity contribution >= 4 is 28.6 Å². The summed E-state index contributed by atoms with van der Waals surface area (Å²) in [6.45, 7) is 1.86. The Labute approximate surface area is 124 Å². The van der Waals surface area contributed by atoms with E-state index in [0.717, 1.165) is 5.01 Å². The van der Waals surface area contributed by atoms with Crippen LogP contribution >= 0.6 is 11.3 Å². The zero-order valence-electron chi connectivity index (χ0n) is 11.5. The quantitative estimate of drug-likeness (QED) is 0.676.